The number of sulfonamides is 1. The minimum absolute atomic E-state index is 0.132. The van der Waals surface area contributed by atoms with E-state index in [2.05, 4.69) is 19.9 Å². The number of aromatic nitrogens is 3. The van der Waals surface area contributed by atoms with E-state index in [-0.39, 0.29) is 4.90 Å². The Bertz CT molecular complexity index is 880. The Kier molecular flexibility index (Phi) is 2.98. The predicted molar refractivity (Wildman–Crippen MR) is 78.5 cm³/mol. The third-order valence-electron chi connectivity index (χ3n) is 2.84. The van der Waals surface area contributed by atoms with Crippen LogP contribution in [0.3, 0.4) is 0 Å². The first-order valence-corrected chi connectivity index (χ1v) is 8.16. The highest BCUT2D eigenvalue weighted by Crippen LogP contribution is 2.28. The van der Waals surface area contributed by atoms with Crippen LogP contribution in [0.1, 0.15) is 11.3 Å². The van der Waals surface area contributed by atoms with E-state index >= 15 is 0 Å². The number of fused-ring (bicyclic) bond motifs is 1. The summed E-state index contributed by atoms with van der Waals surface area (Å²) in [6.45, 7) is 3.64. The highest BCUT2D eigenvalue weighted by atomic mass is 32.2. The van der Waals surface area contributed by atoms with Crippen LogP contribution in [0.25, 0.3) is 10.2 Å². The zero-order valence-corrected chi connectivity index (χ0v) is 12.5. The molecule has 0 aliphatic heterocycles. The summed E-state index contributed by atoms with van der Waals surface area (Å²) in [5, 5.41) is 6.68. The number of aryl methyl sites for hydroxylation is 2. The van der Waals surface area contributed by atoms with E-state index < -0.39 is 10.0 Å². The number of rotatable bonds is 3. The van der Waals surface area contributed by atoms with Crippen LogP contribution in [0.5, 0.6) is 0 Å². The van der Waals surface area contributed by atoms with Crippen molar-refractivity contribution in [2.45, 2.75) is 18.7 Å². The molecule has 6 nitrogen and oxygen atoms in total. The molecule has 104 valence electrons. The van der Waals surface area contributed by atoms with Crippen molar-refractivity contribution in [3.63, 3.8) is 0 Å². The maximum absolute atomic E-state index is 12.2. The summed E-state index contributed by atoms with van der Waals surface area (Å²) in [7, 11) is -3.65. The molecule has 2 heterocycles. The number of hydrogen-bond donors (Lipinski definition) is 2. The van der Waals surface area contributed by atoms with Gasteiger partial charge in [0, 0.05) is 0 Å². The van der Waals surface area contributed by atoms with Crippen molar-refractivity contribution in [2.75, 3.05) is 4.72 Å². The van der Waals surface area contributed by atoms with Crippen molar-refractivity contribution in [3.05, 3.63) is 35.7 Å². The van der Waals surface area contributed by atoms with Crippen LogP contribution >= 0.6 is 11.3 Å². The Morgan fingerprint density at radius 2 is 2.10 bits per heavy atom. The number of benzene rings is 1. The van der Waals surface area contributed by atoms with Crippen molar-refractivity contribution in [3.8, 4) is 0 Å². The minimum atomic E-state index is -3.65. The van der Waals surface area contributed by atoms with Gasteiger partial charge in [0.25, 0.3) is 10.0 Å². The Hall–Kier alpha value is -1.93. The van der Waals surface area contributed by atoms with E-state index in [0.717, 1.165) is 15.8 Å². The van der Waals surface area contributed by atoms with Crippen molar-refractivity contribution in [1.29, 1.82) is 0 Å². The molecule has 0 amide bonds. The average molecular weight is 308 g/mol. The fraction of sp³-hybridized carbons (Fsp3) is 0.167. The van der Waals surface area contributed by atoms with Gasteiger partial charge in [-0.25, -0.2) is 13.4 Å². The summed E-state index contributed by atoms with van der Waals surface area (Å²) in [5.41, 5.74) is 2.39. The van der Waals surface area contributed by atoms with Gasteiger partial charge in [0.15, 0.2) is 5.13 Å². The molecular formula is C12H12N4O2S2. The van der Waals surface area contributed by atoms with Gasteiger partial charge in [0.05, 0.1) is 22.1 Å². The molecular weight excluding hydrogens is 296 g/mol. The van der Waals surface area contributed by atoms with Crippen molar-refractivity contribution < 1.29 is 8.42 Å². The van der Waals surface area contributed by atoms with E-state index in [0.29, 0.717) is 10.8 Å². The molecule has 3 rings (SSSR count). The van der Waals surface area contributed by atoms with E-state index in [4.69, 9.17) is 0 Å². The van der Waals surface area contributed by atoms with Gasteiger partial charge in [-0.15, -0.1) is 0 Å². The lowest BCUT2D eigenvalue weighted by molar-refractivity contribution is 0.600. The third-order valence-corrected chi connectivity index (χ3v) is 5.35. The monoisotopic (exact) mass is 308 g/mol. The van der Waals surface area contributed by atoms with Crippen LogP contribution in [0, 0.1) is 13.8 Å². The summed E-state index contributed by atoms with van der Waals surface area (Å²) in [5.74, 6) is 0. The van der Waals surface area contributed by atoms with E-state index in [1.54, 1.807) is 6.92 Å². The lowest BCUT2D eigenvalue weighted by Crippen LogP contribution is -2.13. The molecule has 0 saturated heterocycles. The van der Waals surface area contributed by atoms with Crippen LogP contribution in [-0.4, -0.2) is 23.6 Å². The van der Waals surface area contributed by atoms with Gasteiger partial charge in [-0.2, -0.15) is 5.10 Å². The number of aromatic amines is 1. The summed E-state index contributed by atoms with van der Waals surface area (Å²) >= 11 is 1.31. The van der Waals surface area contributed by atoms with Gasteiger partial charge in [0.1, 0.15) is 4.90 Å². The van der Waals surface area contributed by atoms with Gasteiger partial charge in [0.2, 0.25) is 0 Å². The Morgan fingerprint density at radius 1 is 1.30 bits per heavy atom. The van der Waals surface area contributed by atoms with Crippen molar-refractivity contribution in [2.24, 2.45) is 0 Å². The van der Waals surface area contributed by atoms with E-state index in [1.165, 1.54) is 17.5 Å². The van der Waals surface area contributed by atoms with Gasteiger partial charge < -0.3 is 0 Å². The second kappa shape index (κ2) is 4.57. The van der Waals surface area contributed by atoms with Crippen molar-refractivity contribution in [1.82, 2.24) is 15.2 Å². The van der Waals surface area contributed by atoms with Crippen LogP contribution in [0.2, 0.25) is 0 Å². The first-order chi connectivity index (χ1) is 9.45. The third kappa shape index (κ3) is 2.27. The molecule has 8 heteroatoms. The Labute approximate surface area is 119 Å². The molecule has 0 bridgehead atoms. The average Bonchev–Trinajstić information content (AvgIpc) is 2.93. The molecule has 2 N–H and O–H groups in total. The highest BCUT2D eigenvalue weighted by molar-refractivity contribution is 7.93. The zero-order valence-electron chi connectivity index (χ0n) is 10.8. The summed E-state index contributed by atoms with van der Waals surface area (Å²) in [4.78, 5) is 4.41. The first kappa shape index (κ1) is 13.1. The quantitative estimate of drug-likeness (QED) is 0.778. The molecule has 0 atom stereocenters. The first-order valence-electron chi connectivity index (χ1n) is 5.86. The molecule has 0 aliphatic carbocycles. The number of nitrogens with one attached hydrogen (secondary N) is 2. The summed E-state index contributed by atoms with van der Waals surface area (Å²) in [6.07, 6.45) is 1.29. The highest BCUT2D eigenvalue weighted by Gasteiger charge is 2.20. The van der Waals surface area contributed by atoms with Crippen LogP contribution < -0.4 is 4.72 Å². The van der Waals surface area contributed by atoms with Gasteiger partial charge in [-0.1, -0.05) is 17.4 Å². The van der Waals surface area contributed by atoms with E-state index in [1.807, 2.05) is 25.1 Å². The second-order valence-electron chi connectivity index (χ2n) is 4.45. The maximum atomic E-state index is 12.2. The number of thiazole rings is 1. The van der Waals surface area contributed by atoms with Gasteiger partial charge >= 0.3 is 0 Å². The largest absolute Gasteiger partial charge is 0.281 e. The number of nitrogens with zero attached hydrogens (tertiary/aromatic N) is 2. The molecule has 0 unspecified atom stereocenters. The second-order valence-corrected chi connectivity index (χ2v) is 7.14. The summed E-state index contributed by atoms with van der Waals surface area (Å²) < 4.78 is 27.9. The number of hydrogen-bond acceptors (Lipinski definition) is 5. The predicted octanol–water partition coefficient (Wildman–Crippen LogP) is 2.44. The fourth-order valence-electron chi connectivity index (χ4n) is 1.86. The van der Waals surface area contributed by atoms with Crippen LogP contribution in [-0.2, 0) is 10.0 Å². The number of H-pyrrole nitrogens is 1. The molecule has 3 aromatic rings. The molecule has 2 aromatic heterocycles. The SMILES string of the molecule is Cc1ccc2nc(NS(=O)(=O)c3cn[nH]c3C)sc2c1. The molecule has 0 spiro atoms. The van der Waals surface area contributed by atoms with Gasteiger partial charge in [-0.3, -0.25) is 9.82 Å². The molecule has 0 radical (unpaired) electrons. The topological polar surface area (TPSA) is 87.7 Å². The zero-order chi connectivity index (χ0) is 14.3. The number of anilines is 1. The molecule has 0 aliphatic rings. The Morgan fingerprint density at radius 3 is 2.80 bits per heavy atom. The molecule has 20 heavy (non-hydrogen) atoms. The van der Waals surface area contributed by atoms with Crippen LogP contribution in [0.4, 0.5) is 5.13 Å². The lowest BCUT2D eigenvalue weighted by atomic mass is 10.2. The van der Waals surface area contributed by atoms with E-state index in [9.17, 15) is 8.42 Å². The lowest BCUT2D eigenvalue weighted by Gasteiger charge is -2.02. The van der Waals surface area contributed by atoms with Gasteiger partial charge in [-0.05, 0) is 31.5 Å². The minimum Gasteiger partial charge on any atom is -0.281 e. The maximum Gasteiger partial charge on any atom is 0.267 e. The van der Waals surface area contributed by atoms with Crippen molar-refractivity contribution >= 4 is 36.7 Å². The molecule has 1 aromatic carbocycles. The molecule has 0 fully saturated rings. The normalized spacial score (nSPS) is 11.9. The standard InChI is InChI=1S/C12H12N4O2S2/c1-7-3-4-9-10(5-7)19-12(14-9)16-20(17,18)11-6-13-15-8(11)2/h3-6H,1-2H3,(H,13,15)(H,14,16). The fourth-order valence-corrected chi connectivity index (χ4v) is 4.19. The molecule has 0 saturated carbocycles. The smallest absolute Gasteiger partial charge is 0.267 e. The summed E-state index contributed by atoms with van der Waals surface area (Å²) in [6, 6.07) is 5.80. The Balaban J connectivity index is 1.99. The van der Waals surface area contributed by atoms with Crippen LogP contribution in [0.15, 0.2) is 29.3 Å².